The molecule has 102 valence electrons. The molecular weight excluding hydrogens is 242 g/mol. The van der Waals surface area contributed by atoms with Crippen molar-refractivity contribution in [2.45, 2.75) is 26.8 Å². The molecule has 0 spiro atoms. The second-order valence-electron chi connectivity index (χ2n) is 4.81. The minimum Gasteiger partial charge on any atom is -0.345 e. The van der Waals surface area contributed by atoms with Crippen LogP contribution in [0.2, 0.25) is 0 Å². The Hall–Kier alpha value is -2.11. The van der Waals surface area contributed by atoms with Crippen LogP contribution in [0.25, 0.3) is 0 Å². The van der Waals surface area contributed by atoms with Crippen LogP contribution in [0.15, 0.2) is 12.4 Å². The monoisotopic (exact) mass is 261 g/mol. The van der Waals surface area contributed by atoms with Crippen LogP contribution in [0.1, 0.15) is 40.3 Å². The van der Waals surface area contributed by atoms with E-state index in [9.17, 15) is 4.79 Å². The van der Waals surface area contributed by atoms with Crippen molar-refractivity contribution < 1.29 is 4.79 Å². The molecule has 2 aromatic heterocycles. The summed E-state index contributed by atoms with van der Waals surface area (Å²) in [5, 5.41) is 11.3. The molecular formula is C13H19N5O. The Bertz CT molecular complexity index is 611. The molecule has 0 aliphatic heterocycles. The Balaban J connectivity index is 2.17. The summed E-state index contributed by atoms with van der Waals surface area (Å²) in [5.74, 6) is -0.0977. The lowest BCUT2D eigenvalue weighted by Gasteiger charge is -2.12. The number of carbonyl (C=O) groups excluding carboxylic acids is 1. The highest BCUT2D eigenvalue weighted by Gasteiger charge is 2.19. The zero-order chi connectivity index (χ0) is 14.2. The fourth-order valence-electron chi connectivity index (χ4n) is 2.12. The molecule has 0 saturated carbocycles. The SMILES string of the molecule is Cc1nn(C)c(C)c1C(=O)NC(C)c1cnn(C)c1. The second-order valence-corrected chi connectivity index (χ2v) is 4.81. The number of nitrogens with zero attached hydrogens (tertiary/aromatic N) is 4. The van der Waals surface area contributed by atoms with E-state index < -0.39 is 0 Å². The summed E-state index contributed by atoms with van der Waals surface area (Å²) < 4.78 is 3.44. The zero-order valence-electron chi connectivity index (χ0n) is 11.9. The molecule has 2 rings (SSSR count). The van der Waals surface area contributed by atoms with Gasteiger partial charge in [-0.1, -0.05) is 0 Å². The molecule has 0 bridgehead atoms. The van der Waals surface area contributed by atoms with Gasteiger partial charge in [0.05, 0.1) is 23.5 Å². The van der Waals surface area contributed by atoms with Crippen LogP contribution >= 0.6 is 0 Å². The Labute approximate surface area is 112 Å². The van der Waals surface area contributed by atoms with E-state index in [4.69, 9.17) is 0 Å². The van der Waals surface area contributed by atoms with Gasteiger partial charge in [0.2, 0.25) is 0 Å². The maximum Gasteiger partial charge on any atom is 0.255 e. The van der Waals surface area contributed by atoms with Gasteiger partial charge in [-0.25, -0.2) is 0 Å². The summed E-state index contributed by atoms with van der Waals surface area (Å²) in [6, 6.07) is -0.0831. The van der Waals surface area contributed by atoms with Gasteiger partial charge in [0.15, 0.2) is 0 Å². The van der Waals surface area contributed by atoms with E-state index in [1.165, 1.54) is 0 Å². The molecule has 0 fully saturated rings. The standard InChI is InChI=1S/C13H19N5O/c1-8(11-6-14-17(4)7-11)15-13(19)12-9(2)16-18(5)10(12)3/h6-8H,1-5H3,(H,15,19). The molecule has 6 nitrogen and oxygen atoms in total. The molecule has 0 aliphatic rings. The van der Waals surface area contributed by atoms with Gasteiger partial charge >= 0.3 is 0 Å². The average molecular weight is 261 g/mol. The number of nitrogens with one attached hydrogen (secondary N) is 1. The fraction of sp³-hybridized carbons (Fsp3) is 0.462. The average Bonchev–Trinajstić information content (AvgIpc) is 2.84. The van der Waals surface area contributed by atoms with Gasteiger partial charge < -0.3 is 5.32 Å². The van der Waals surface area contributed by atoms with Gasteiger partial charge in [0, 0.05) is 31.5 Å². The Kier molecular flexibility index (Phi) is 3.42. The predicted molar refractivity (Wildman–Crippen MR) is 71.8 cm³/mol. The zero-order valence-corrected chi connectivity index (χ0v) is 11.9. The number of amides is 1. The molecule has 2 heterocycles. The molecule has 1 unspecified atom stereocenters. The van der Waals surface area contributed by atoms with Crippen molar-refractivity contribution in [2.75, 3.05) is 0 Å². The highest BCUT2D eigenvalue weighted by Crippen LogP contribution is 2.15. The van der Waals surface area contributed by atoms with Crippen molar-refractivity contribution in [3.8, 4) is 0 Å². The van der Waals surface area contributed by atoms with Crippen molar-refractivity contribution in [2.24, 2.45) is 14.1 Å². The smallest absolute Gasteiger partial charge is 0.255 e. The maximum absolute atomic E-state index is 12.3. The van der Waals surface area contributed by atoms with Gasteiger partial charge in [-0.15, -0.1) is 0 Å². The molecule has 0 saturated heterocycles. The van der Waals surface area contributed by atoms with Crippen LogP contribution in [0.5, 0.6) is 0 Å². The van der Waals surface area contributed by atoms with E-state index in [2.05, 4.69) is 15.5 Å². The molecule has 19 heavy (non-hydrogen) atoms. The van der Waals surface area contributed by atoms with Gasteiger partial charge in [-0.2, -0.15) is 10.2 Å². The summed E-state index contributed by atoms with van der Waals surface area (Å²) in [5.41, 5.74) is 3.25. The van der Waals surface area contributed by atoms with Crippen molar-refractivity contribution in [3.05, 3.63) is 34.9 Å². The molecule has 1 N–H and O–H groups in total. The Morgan fingerprint density at radius 1 is 1.37 bits per heavy atom. The summed E-state index contributed by atoms with van der Waals surface area (Å²) in [4.78, 5) is 12.3. The third-order valence-electron chi connectivity index (χ3n) is 3.31. The van der Waals surface area contributed by atoms with E-state index in [0.29, 0.717) is 5.56 Å². The van der Waals surface area contributed by atoms with E-state index in [0.717, 1.165) is 17.0 Å². The van der Waals surface area contributed by atoms with Crippen LogP contribution in [0.3, 0.4) is 0 Å². The largest absolute Gasteiger partial charge is 0.345 e. The summed E-state index contributed by atoms with van der Waals surface area (Å²) in [6.07, 6.45) is 3.65. The van der Waals surface area contributed by atoms with E-state index in [-0.39, 0.29) is 11.9 Å². The molecule has 2 aromatic rings. The van der Waals surface area contributed by atoms with Crippen LogP contribution in [0, 0.1) is 13.8 Å². The van der Waals surface area contributed by atoms with Gasteiger partial charge in [-0.3, -0.25) is 14.2 Å². The quantitative estimate of drug-likeness (QED) is 0.904. The molecule has 0 radical (unpaired) electrons. The molecule has 0 aromatic carbocycles. The lowest BCUT2D eigenvalue weighted by molar-refractivity contribution is 0.0938. The van der Waals surface area contributed by atoms with Crippen molar-refractivity contribution in [1.29, 1.82) is 0 Å². The third kappa shape index (κ3) is 2.52. The van der Waals surface area contributed by atoms with Crippen LogP contribution in [-0.4, -0.2) is 25.5 Å². The van der Waals surface area contributed by atoms with Crippen LogP contribution in [-0.2, 0) is 14.1 Å². The number of rotatable bonds is 3. The first kappa shape index (κ1) is 13.3. The molecule has 1 amide bonds. The van der Waals surface area contributed by atoms with Gasteiger partial charge in [0.1, 0.15) is 0 Å². The number of aromatic nitrogens is 4. The molecule has 0 aliphatic carbocycles. The first-order valence-electron chi connectivity index (χ1n) is 6.19. The second kappa shape index (κ2) is 4.87. The summed E-state index contributed by atoms with van der Waals surface area (Å²) >= 11 is 0. The van der Waals surface area contributed by atoms with Crippen molar-refractivity contribution >= 4 is 5.91 Å². The van der Waals surface area contributed by atoms with Crippen molar-refractivity contribution in [1.82, 2.24) is 24.9 Å². The Morgan fingerprint density at radius 2 is 2.05 bits per heavy atom. The molecule has 1 atom stereocenters. The predicted octanol–water partition coefficient (Wildman–Crippen LogP) is 1.26. The lowest BCUT2D eigenvalue weighted by Crippen LogP contribution is -2.27. The van der Waals surface area contributed by atoms with E-state index >= 15 is 0 Å². The topological polar surface area (TPSA) is 64.7 Å². The van der Waals surface area contributed by atoms with E-state index in [1.807, 2.05) is 41.1 Å². The number of aryl methyl sites for hydroxylation is 3. The number of carbonyl (C=O) groups is 1. The minimum atomic E-state index is -0.0977. The maximum atomic E-state index is 12.3. The van der Waals surface area contributed by atoms with Crippen molar-refractivity contribution in [3.63, 3.8) is 0 Å². The van der Waals surface area contributed by atoms with E-state index in [1.54, 1.807) is 15.6 Å². The van der Waals surface area contributed by atoms with Crippen LogP contribution in [0.4, 0.5) is 0 Å². The number of hydrogen-bond donors (Lipinski definition) is 1. The summed E-state index contributed by atoms with van der Waals surface area (Å²) in [6.45, 7) is 5.68. The number of hydrogen-bond acceptors (Lipinski definition) is 3. The Morgan fingerprint density at radius 3 is 2.53 bits per heavy atom. The normalized spacial score (nSPS) is 12.5. The van der Waals surface area contributed by atoms with Gasteiger partial charge in [-0.05, 0) is 20.8 Å². The first-order chi connectivity index (χ1) is 8.90. The summed E-state index contributed by atoms with van der Waals surface area (Å²) in [7, 11) is 3.69. The van der Waals surface area contributed by atoms with Gasteiger partial charge in [0.25, 0.3) is 5.91 Å². The minimum absolute atomic E-state index is 0.0831. The third-order valence-corrected chi connectivity index (χ3v) is 3.31. The first-order valence-corrected chi connectivity index (χ1v) is 6.19. The highest BCUT2D eigenvalue weighted by atomic mass is 16.1. The fourth-order valence-corrected chi connectivity index (χ4v) is 2.12. The lowest BCUT2D eigenvalue weighted by atomic mass is 10.1. The van der Waals surface area contributed by atoms with Crippen LogP contribution < -0.4 is 5.32 Å². The molecule has 6 heteroatoms. The highest BCUT2D eigenvalue weighted by molar-refractivity contribution is 5.96.